The predicted molar refractivity (Wildman–Crippen MR) is 35.4 cm³/mol. The smallest absolute Gasteiger partial charge is 0.125 e. The molecule has 0 bridgehead atoms. The normalized spacial score (nSPS) is 41.2. The molecule has 0 aromatic heterocycles. The summed E-state index contributed by atoms with van der Waals surface area (Å²) in [6.45, 7) is 0. The van der Waals surface area contributed by atoms with Crippen LogP contribution >= 0.6 is 0 Å². The average Bonchev–Trinajstić information content (AvgIpc) is 1.94. The first kappa shape index (κ1) is 7.69. The molecule has 3 unspecified atom stereocenters. The van der Waals surface area contributed by atoms with Crippen molar-refractivity contribution in [3.63, 3.8) is 0 Å². The van der Waals surface area contributed by atoms with E-state index in [4.69, 9.17) is 10.2 Å². The first-order valence-corrected chi connectivity index (χ1v) is 3.55. The summed E-state index contributed by atoms with van der Waals surface area (Å²) in [6.07, 6.45) is 1.40. The quantitative estimate of drug-likeness (QED) is 0.497. The van der Waals surface area contributed by atoms with E-state index in [-0.39, 0.29) is 5.92 Å². The topological polar surface area (TPSA) is 57.5 Å². The fourth-order valence-corrected chi connectivity index (χ4v) is 1.31. The summed E-state index contributed by atoms with van der Waals surface area (Å²) in [4.78, 5) is 10.2. The maximum absolute atomic E-state index is 10.2. The van der Waals surface area contributed by atoms with E-state index in [1.807, 2.05) is 0 Å². The van der Waals surface area contributed by atoms with Crippen molar-refractivity contribution >= 4 is 6.29 Å². The van der Waals surface area contributed by atoms with Crippen LogP contribution in [0.1, 0.15) is 19.3 Å². The molecule has 0 radical (unpaired) electrons. The molecule has 0 saturated heterocycles. The Hall–Kier alpha value is -0.410. The molecule has 1 saturated carbocycles. The fraction of sp³-hybridized carbons (Fsp3) is 0.857. The van der Waals surface area contributed by atoms with Crippen LogP contribution < -0.4 is 0 Å². The third-order valence-corrected chi connectivity index (χ3v) is 2.01. The highest BCUT2D eigenvalue weighted by atomic mass is 16.3. The molecule has 0 aromatic rings. The zero-order valence-electron chi connectivity index (χ0n) is 5.73. The molecule has 1 aliphatic carbocycles. The van der Waals surface area contributed by atoms with Crippen LogP contribution in [0.5, 0.6) is 0 Å². The Bertz CT molecular complexity index is 124. The molecule has 1 fully saturated rings. The van der Waals surface area contributed by atoms with Gasteiger partial charge in [-0.05, 0) is 19.3 Å². The fourth-order valence-electron chi connectivity index (χ4n) is 1.31. The van der Waals surface area contributed by atoms with Crippen molar-refractivity contribution in [1.29, 1.82) is 0 Å². The summed E-state index contributed by atoms with van der Waals surface area (Å²) in [5.41, 5.74) is 0. The second-order valence-electron chi connectivity index (χ2n) is 2.83. The van der Waals surface area contributed by atoms with E-state index in [1.54, 1.807) is 0 Å². The molecule has 3 nitrogen and oxygen atoms in total. The van der Waals surface area contributed by atoms with Crippen molar-refractivity contribution in [2.75, 3.05) is 0 Å². The molecule has 58 valence electrons. The minimum absolute atomic E-state index is 0.344. The minimum atomic E-state index is -0.527. The van der Waals surface area contributed by atoms with Crippen LogP contribution in [0.4, 0.5) is 0 Å². The highest BCUT2D eigenvalue weighted by Gasteiger charge is 2.27. The summed E-state index contributed by atoms with van der Waals surface area (Å²) >= 11 is 0. The van der Waals surface area contributed by atoms with Crippen LogP contribution in [0.25, 0.3) is 0 Å². The van der Waals surface area contributed by atoms with Gasteiger partial charge in [-0.15, -0.1) is 0 Å². The van der Waals surface area contributed by atoms with Crippen LogP contribution in [-0.4, -0.2) is 28.7 Å². The Morgan fingerprint density at radius 1 is 1.30 bits per heavy atom. The van der Waals surface area contributed by atoms with Crippen LogP contribution in [0.2, 0.25) is 0 Å². The number of aliphatic hydroxyl groups excluding tert-OH is 2. The molecule has 2 N–H and O–H groups in total. The van der Waals surface area contributed by atoms with Gasteiger partial charge < -0.3 is 15.0 Å². The average molecular weight is 144 g/mol. The zero-order valence-corrected chi connectivity index (χ0v) is 5.73. The van der Waals surface area contributed by atoms with Gasteiger partial charge in [0, 0.05) is 5.92 Å². The molecule has 3 heteroatoms. The van der Waals surface area contributed by atoms with E-state index in [9.17, 15) is 4.79 Å². The molecular weight excluding hydrogens is 132 g/mol. The van der Waals surface area contributed by atoms with Crippen LogP contribution in [0.15, 0.2) is 0 Å². The Morgan fingerprint density at radius 3 is 2.50 bits per heavy atom. The van der Waals surface area contributed by atoms with Gasteiger partial charge in [0.25, 0.3) is 0 Å². The Balaban J connectivity index is 2.45. The number of carbonyl (C=O) groups is 1. The highest BCUT2D eigenvalue weighted by Crippen LogP contribution is 2.22. The number of aliphatic hydroxyl groups is 2. The van der Waals surface area contributed by atoms with Crippen molar-refractivity contribution < 1.29 is 15.0 Å². The maximum atomic E-state index is 10.2. The Kier molecular flexibility index (Phi) is 2.40. The highest BCUT2D eigenvalue weighted by molar-refractivity contribution is 5.54. The molecular formula is C7H12O3. The molecule has 1 rings (SSSR count). The first-order valence-electron chi connectivity index (χ1n) is 3.55. The summed E-state index contributed by atoms with van der Waals surface area (Å²) in [5, 5.41) is 18.2. The number of hydrogen-bond donors (Lipinski definition) is 2. The Morgan fingerprint density at radius 2 is 2.00 bits per heavy atom. The standard InChI is InChI=1S/C7H12O3/c8-4-5-3-6(9)1-2-7(5)10/h4-7,9-10H,1-3H2. The number of carbonyl (C=O) groups excluding carboxylic acids is 1. The van der Waals surface area contributed by atoms with Gasteiger partial charge in [0.2, 0.25) is 0 Å². The molecule has 10 heavy (non-hydrogen) atoms. The molecule has 3 atom stereocenters. The van der Waals surface area contributed by atoms with E-state index in [0.717, 1.165) is 6.29 Å². The van der Waals surface area contributed by atoms with Crippen molar-refractivity contribution in [3.05, 3.63) is 0 Å². The monoisotopic (exact) mass is 144 g/mol. The van der Waals surface area contributed by atoms with Crippen molar-refractivity contribution in [3.8, 4) is 0 Å². The number of aldehydes is 1. The van der Waals surface area contributed by atoms with Gasteiger partial charge in [-0.2, -0.15) is 0 Å². The Labute approximate surface area is 59.7 Å². The summed E-state index contributed by atoms with van der Waals surface area (Å²) in [6, 6.07) is 0. The van der Waals surface area contributed by atoms with Crippen LogP contribution in [0, 0.1) is 5.92 Å². The first-order chi connectivity index (χ1) is 4.74. The lowest BCUT2D eigenvalue weighted by molar-refractivity contribution is -0.117. The molecule has 0 amide bonds. The molecule has 0 spiro atoms. The minimum Gasteiger partial charge on any atom is -0.393 e. The predicted octanol–water partition coefficient (Wildman–Crippen LogP) is -0.293. The lowest BCUT2D eigenvalue weighted by Gasteiger charge is -2.26. The van der Waals surface area contributed by atoms with Gasteiger partial charge in [0.15, 0.2) is 0 Å². The van der Waals surface area contributed by atoms with Gasteiger partial charge >= 0.3 is 0 Å². The lowest BCUT2D eigenvalue weighted by atomic mass is 9.86. The van der Waals surface area contributed by atoms with Crippen molar-refractivity contribution in [1.82, 2.24) is 0 Å². The third-order valence-electron chi connectivity index (χ3n) is 2.01. The SMILES string of the molecule is O=CC1CC(O)CCC1O. The number of rotatable bonds is 1. The summed E-state index contributed by atoms with van der Waals surface area (Å²) < 4.78 is 0. The van der Waals surface area contributed by atoms with Crippen molar-refractivity contribution in [2.24, 2.45) is 5.92 Å². The van der Waals surface area contributed by atoms with Gasteiger partial charge in [0.1, 0.15) is 6.29 Å². The van der Waals surface area contributed by atoms with E-state index < -0.39 is 12.2 Å². The largest absolute Gasteiger partial charge is 0.393 e. The van der Waals surface area contributed by atoms with Crippen LogP contribution in [-0.2, 0) is 4.79 Å². The van der Waals surface area contributed by atoms with Gasteiger partial charge in [-0.3, -0.25) is 0 Å². The van der Waals surface area contributed by atoms with Crippen LogP contribution in [0.3, 0.4) is 0 Å². The molecule has 0 aliphatic heterocycles. The van der Waals surface area contributed by atoms with Crippen molar-refractivity contribution in [2.45, 2.75) is 31.5 Å². The second kappa shape index (κ2) is 3.12. The lowest BCUT2D eigenvalue weighted by Crippen LogP contribution is -2.32. The molecule has 1 aliphatic rings. The van der Waals surface area contributed by atoms with E-state index in [1.165, 1.54) is 0 Å². The van der Waals surface area contributed by atoms with E-state index >= 15 is 0 Å². The molecule has 0 aromatic carbocycles. The van der Waals surface area contributed by atoms with Gasteiger partial charge in [-0.1, -0.05) is 0 Å². The summed E-state index contributed by atoms with van der Waals surface area (Å²) in [5.74, 6) is -0.344. The molecule has 0 heterocycles. The second-order valence-corrected chi connectivity index (χ2v) is 2.83. The maximum Gasteiger partial charge on any atom is 0.125 e. The van der Waals surface area contributed by atoms with E-state index in [2.05, 4.69) is 0 Å². The number of hydrogen-bond acceptors (Lipinski definition) is 3. The zero-order chi connectivity index (χ0) is 7.56. The summed E-state index contributed by atoms with van der Waals surface area (Å²) in [7, 11) is 0. The third kappa shape index (κ3) is 1.55. The van der Waals surface area contributed by atoms with Gasteiger partial charge in [-0.25, -0.2) is 0 Å². The van der Waals surface area contributed by atoms with Gasteiger partial charge in [0.05, 0.1) is 12.2 Å². The van der Waals surface area contributed by atoms with E-state index in [0.29, 0.717) is 19.3 Å².